The fourth-order valence-electron chi connectivity index (χ4n) is 9.12. The number of unbranched alkanes of at least 4 members (excludes halogenated alkanes) is 13. The van der Waals surface area contributed by atoms with Gasteiger partial charge in [-0.3, -0.25) is 9.98 Å². The lowest BCUT2D eigenvalue weighted by Crippen LogP contribution is -1.99. The maximum Gasteiger partial charge on any atom is 0.119 e. The third kappa shape index (κ3) is 25.3. The molecule has 0 saturated carbocycles. The maximum absolute atomic E-state index is 6.01. The van der Waals surface area contributed by atoms with Crippen LogP contribution in [-0.4, -0.2) is 66.3 Å². The van der Waals surface area contributed by atoms with Crippen molar-refractivity contribution in [1.82, 2.24) is 0 Å². The van der Waals surface area contributed by atoms with Gasteiger partial charge in [0.25, 0.3) is 0 Å². The Morgan fingerprint density at radius 1 is 0.216 bits per heavy atom. The Bertz CT molecular complexity index is 3060. The molecule has 0 saturated heterocycles. The zero-order chi connectivity index (χ0) is 60.7. The van der Waals surface area contributed by atoms with Crippen LogP contribution in [0.4, 0.5) is 34.1 Å². The average molecular weight is 1190 g/mol. The summed E-state index contributed by atoms with van der Waals surface area (Å²) < 4.78 is 46.3. The predicted octanol–water partition coefficient (Wildman–Crippen LogP) is 20.7. The molecular formula is C74H84N6O8. The van der Waals surface area contributed by atoms with E-state index in [1.54, 1.807) is 14.2 Å². The van der Waals surface area contributed by atoms with Gasteiger partial charge in [-0.25, -0.2) is 0 Å². The van der Waals surface area contributed by atoms with Crippen molar-refractivity contribution in [3.63, 3.8) is 0 Å². The highest BCUT2D eigenvalue weighted by molar-refractivity contribution is 5.82. The fraction of sp³-hybridized carbons (Fsp3) is 0.324. The first kappa shape index (κ1) is 64.7. The number of azo groups is 2. The van der Waals surface area contributed by atoms with Crippen molar-refractivity contribution in [2.24, 2.45) is 30.4 Å². The van der Waals surface area contributed by atoms with Gasteiger partial charge in [0.2, 0.25) is 0 Å². The summed E-state index contributed by atoms with van der Waals surface area (Å²) in [5.41, 5.74) is 6.90. The van der Waals surface area contributed by atoms with Gasteiger partial charge in [-0.05, 0) is 257 Å². The van der Waals surface area contributed by atoms with Crippen LogP contribution in [0.15, 0.2) is 225 Å². The third-order valence-corrected chi connectivity index (χ3v) is 14.3. The van der Waals surface area contributed by atoms with Crippen molar-refractivity contribution in [2.45, 2.75) is 103 Å². The monoisotopic (exact) mass is 1180 g/mol. The first-order valence-corrected chi connectivity index (χ1v) is 31.1. The van der Waals surface area contributed by atoms with Gasteiger partial charge in [-0.15, -0.1) is 0 Å². The van der Waals surface area contributed by atoms with E-state index in [0.29, 0.717) is 39.6 Å². The molecule has 458 valence electrons. The third-order valence-electron chi connectivity index (χ3n) is 14.3. The molecule has 0 bridgehead atoms. The second-order valence-electron chi connectivity index (χ2n) is 21.2. The normalized spacial score (nSPS) is 11.4. The molecule has 8 aromatic carbocycles. The second kappa shape index (κ2) is 38.7. The lowest BCUT2D eigenvalue weighted by molar-refractivity contribution is 0.287. The van der Waals surface area contributed by atoms with Crippen LogP contribution in [0.2, 0.25) is 0 Å². The smallest absolute Gasteiger partial charge is 0.119 e. The van der Waals surface area contributed by atoms with E-state index in [0.717, 1.165) is 168 Å². The van der Waals surface area contributed by atoms with Crippen molar-refractivity contribution >= 4 is 46.6 Å². The molecule has 0 aliphatic heterocycles. The molecule has 0 heterocycles. The first-order chi connectivity index (χ1) is 43.5. The summed E-state index contributed by atoms with van der Waals surface area (Å²) >= 11 is 0. The lowest BCUT2D eigenvalue weighted by Gasteiger charge is -2.08. The van der Waals surface area contributed by atoms with Crippen LogP contribution in [0.1, 0.15) is 114 Å². The summed E-state index contributed by atoms with van der Waals surface area (Å²) in [4.78, 5) is 9.32. The van der Waals surface area contributed by atoms with Crippen LogP contribution in [0.5, 0.6) is 46.0 Å². The van der Waals surface area contributed by atoms with Crippen LogP contribution in [0.3, 0.4) is 0 Å². The standard InChI is InChI=1S/C74H84N6O8/c1-81-67-39-27-63(28-40-67)77-79-65-31-47-73(48-32-65)87-53-15-9-5-3-7-13-51-83-69-35-19-59(20-36-69)57-75-61-23-43-71(44-24-61)85-55-17-11-12-18-56-86-72-45-25-62(26-46-72)76-58-60-21-37-70(38-22-60)84-52-14-8-4-6-10-16-54-88-74-49-33-66(34-50-74)80-78-64-29-41-68(82-2)42-30-64/h19-50,57-58H,3-18,51-56H2,1-2H3. The lowest BCUT2D eigenvalue weighted by atomic mass is 10.1. The number of rotatable bonds is 41. The Morgan fingerprint density at radius 3 is 0.614 bits per heavy atom. The van der Waals surface area contributed by atoms with Gasteiger partial charge in [-0.2, -0.15) is 20.5 Å². The van der Waals surface area contributed by atoms with E-state index >= 15 is 0 Å². The van der Waals surface area contributed by atoms with E-state index in [2.05, 4.69) is 30.4 Å². The Kier molecular flexibility index (Phi) is 28.4. The van der Waals surface area contributed by atoms with E-state index in [1.165, 1.54) is 25.7 Å². The van der Waals surface area contributed by atoms with Crippen LogP contribution < -0.4 is 37.9 Å². The Balaban J connectivity index is 0.570. The number of methoxy groups -OCH3 is 2. The summed E-state index contributed by atoms with van der Waals surface area (Å²) in [6, 6.07) is 62.4. The highest BCUT2D eigenvalue weighted by Gasteiger charge is 2.04. The molecule has 14 heteroatoms. The van der Waals surface area contributed by atoms with Gasteiger partial charge in [-0.1, -0.05) is 51.4 Å². The number of nitrogens with zero attached hydrogens (tertiary/aromatic N) is 6. The van der Waals surface area contributed by atoms with Crippen LogP contribution in [-0.2, 0) is 0 Å². The van der Waals surface area contributed by atoms with Gasteiger partial charge in [0, 0.05) is 12.4 Å². The van der Waals surface area contributed by atoms with Crippen LogP contribution in [0.25, 0.3) is 0 Å². The minimum Gasteiger partial charge on any atom is -0.497 e. The Labute approximate surface area is 520 Å². The summed E-state index contributed by atoms with van der Waals surface area (Å²) in [5, 5.41) is 17.2. The van der Waals surface area contributed by atoms with Crippen molar-refractivity contribution in [3.8, 4) is 46.0 Å². The highest BCUT2D eigenvalue weighted by Crippen LogP contribution is 2.27. The molecule has 0 unspecified atom stereocenters. The summed E-state index contributed by atoms with van der Waals surface area (Å²) in [6.07, 6.45) is 21.4. The van der Waals surface area contributed by atoms with Crippen molar-refractivity contribution in [2.75, 3.05) is 53.9 Å². The molecular weight excluding hydrogens is 1100 g/mol. The van der Waals surface area contributed by atoms with Crippen molar-refractivity contribution in [3.05, 3.63) is 205 Å². The van der Waals surface area contributed by atoms with Crippen LogP contribution >= 0.6 is 0 Å². The summed E-state index contributed by atoms with van der Waals surface area (Å²) in [5.74, 6) is 6.74. The van der Waals surface area contributed by atoms with Gasteiger partial charge < -0.3 is 37.9 Å². The van der Waals surface area contributed by atoms with E-state index in [-0.39, 0.29) is 0 Å². The van der Waals surface area contributed by atoms with Gasteiger partial charge in [0.1, 0.15) is 46.0 Å². The quantitative estimate of drug-likeness (QED) is 0.0209. The maximum atomic E-state index is 6.01. The largest absolute Gasteiger partial charge is 0.497 e. The molecule has 0 fully saturated rings. The number of aliphatic imine (C=N–C) groups is 2. The van der Waals surface area contributed by atoms with Crippen LogP contribution in [0, 0.1) is 0 Å². The van der Waals surface area contributed by atoms with Crippen molar-refractivity contribution < 1.29 is 37.9 Å². The first-order valence-electron chi connectivity index (χ1n) is 31.1. The van der Waals surface area contributed by atoms with Gasteiger partial charge >= 0.3 is 0 Å². The average Bonchev–Trinajstić information content (AvgIpc) is 3.59. The van der Waals surface area contributed by atoms with Gasteiger partial charge in [0.05, 0.1) is 88.0 Å². The minimum absolute atomic E-state index is 0.678. The molecule has 0 atom stereocenters. The molecule has 0 radical (unpaired) electrons. The molecule has 8 rings (SSSR count). The Morgan fingerprint density at radius 2 is 0.398 bits per heavy atom. The fourth-order valence-corrected chi connectivity index (χ4v) is 9.12. The van der Waals surface area contributed by atoms with Gasteiger partial charge in [0.15, 0.2) is 0 Å². The molecule has 0 spiro atoms. The molecule has 0 amide bonds. The Hall–Kier alpha value is -9.30. The molecule has 14 nitrogen and oxygen atoms in total. The molecule has 8 aromatic rings. The van der Waals surface area contributed by atoms with E-state index in [9.17, 15) is 0 Å². The summed E-state index contributed by atoms with van der Waals surface area (Å²) in [6.45, 7) is 4.19. The zero-order valence-electron chi connectivity index (χ0n) is 51.1. The molecule has 0 N–H and O–H groups in total. The molecule has 0 aliphatic rings. The van der Waals surface area contributed by atoms with E-state index < -0.39 is 0 Å². The predicted molar refractivity (Wildman–Crippen MR) is 354 cm³/mol. The van der Waals surface area contributed by atoms with Crippen molar-refractivity contribution in [1.29, 1.82) is 0 Å². The molecule has 88 heavy (non-hydrogen) atoms. The molecule has 0 aliphatic carbocycles. The SMILES string of the molecule is COc1ccc(N=Nc2ccc(OCCCCCCCCOc3ccc(C=Nc4ccc(OCCCCCCOc5ccc(N=Cc6ccc(OCCCCCCCCOc7ccc(N=Nc8ccc(OC)cc8)cc7)cc6)cc5)cc4)cc3)cc2)cc1. The van der Waals surface area contributed by atoms with E-state index in [4.69, 9.17) is 37.9 Å². The minimum atomic E-state index is 0.678. The number of hydrogen-bond donors (Lipinski definition) is 0. The number of benzene rings is 8. The zero-order valence-corrected chi connectivity index (χ0v) is 51.1. The number of hydrogen-bond acceptors (Lipinski definition) is 14. The summed E-state index contributed by atoms with van der Waals surface area (Å²) in [7, 11) is 3.29. The number of ether oxygens (including phenoxy) is 8. The highest BCUT2D eigenvalue weighted by atomic mass is 16.5. The molecule has 0 aromatic heterocycles. The van der Waals surface area contributed by atoms with E-state index in [1.807, 2.05) is 207 Å². The second-order valence-corrected chi connectivity index (χ2v) is 21.2. The topological polar surface area (TPSA) is 148 Å².